The van der Waals surface area contributed by atoms with E-state index in [2.05, 4.69) is 10.3 Å². The molecule has 1 saturated heterocycles. The second kappa shape index (κ2) is 8.10. The summed E-state index contributed by atoms with van der Waals surface area (Å²) in [4.78, 5) is 30.0. The number of aliphatic hydroxyl groups excluding tert-OH is 1. The molecule has 2 aromatic rings. The molecule has 0 unspecified atom stereocenters. The first-order valence-electron chi connectivity index (χ1n) is 8.72. The molecule has 2 heterocycles. The fraction of sp³-hybridized carbons (Fsp3) is 0.350. The smallest absolute Gasteiger partial charge is 0.227 e. The molecule has 1 fully saturated rings. The molecule has 0 spiro atoms. The molecular formula is C20H23N3O3. The first kappa shape index (κ1) is 18.1. The number of likely N-dealkylation sites (tertiary alicyclic amines) is 1. The van der Waals surface area contributed by atoms with E-state index in [4.69, 9.17) is 0 Å². The summed E-state index contributed by atoms with van der Waals surface area (Å²) < 4.78 is 0. The Morgan fingerprint density at radius 3 is 2.54 bits per heavy atom. The van der Waals surface area contributed by atoms with Gasteiger partial charge in [0.25, 0.3) is 0 Å². The maximum Gasteiger partial charge on any atom is 0.227 e. The van der Waals surface area contributed by atoms with Crippen LogP contribution in [0, 0.1) is 0 Å². The molecule has 26 heavy (non-hydrogen) atoms. The molecule has 0 saturated carbocycles. The van der Waals surface area contributed by atoms with Gasteiger partial charge in [0.2, 0.25) is 11.8 Å². The molecule has 3 atom stereocenters. The fourth-order valence-electron chi connectivity index (χ4n) is 3.68. The molecule has 136 valence electrons. The van der Waals surface area contributed by atoms with Crippen LogP contribution in [0.4, 0.5) is 0 Å². The number of nitrogens with zero attached hydrogens (tertiary/aromatic N) is 2. The normalized spacial score (nSPS) is 21.8. The van der Waals surface area contributed by atoms with Gasteiger partial charge < -0.3 is 15.3 Å². The summed E-state index contributed by atoms with van der Waals surface area (Å²) in [6.45, 7) is 1.71. The number of pyridine rings is 1. The Morgan fingerprint density at radius 1 is 1.15 bits per heavy atom. The zero-order valence-electron chi connectivity index (χ0n) is 14.7. The summed E-state index contributed by atoms with van der Waals surface area (Å²) in [7, 11) is 0. The lowest BCUT2D eigenvalue weighted by atomic mass is 9.74. The number of aromatic nitrogens is 1. The van der Waals surface area contributed by atoms with Crippen LogP contribution in [0.1, 0.15) is 24.0 Å². The number of carbonyl (C=O) groups excluding carboxylic acids is 2. The van der Waals surface area contributed by atoms with Gasteiger partial charge >= 0.3 is 0 Å². The summed E-state index contributed by atoms with van der Waals surface area (Å²) in [5, 5.41) is 12.7. The molecule has 0 bridgehead atoms. The molecule has 0 aliphatic carbocycles. The van der Waals surface area contributed by atoms with E-state index in [1.807, 2.05) is 36.4 Å². The van der Waals surface area contributed by atoms with Crippen molar-refractivity contribution >= 4 is 11.8 Å². The lowest BCUT2D eigenvalue weighted by Crippen LogP contribution is -2.68. The Kier molecular flexibility index (Phi) is 5.63. The van der Waals surface area contributed by atoms with Gasteiger partial charge in [-0.05, 0) is 17.2 Å². The Bertz CT molecular complexity index is 751. The zero-order chi connectivity index (χ0) is 18.5. The number of carbonyl (C=O) groups is 2. The van der Waals surface area contributed by atoms with Gasteiger partial charge in [0.05, 0.1) is 25.1 Å². The van der Waals surface area contributed by atoms with Crippen molar-refractivity contribution in [1.29, 1.82) is 0 Å². The van der Waals surface area contributed by atoms with Crippen LogP contribution >= 0.6 is 0 Å². The number of benzene rings is 1. The van der Waals surface area contributed by atoms with E-state index in [-0.39, 0.29) is 42.8 Å². The van der Waals surface area contributed by atoms with Crippen LogP contribution in [0.25, 0.3) is 0 Å². The summed E-state index contributed by atoms with van der Waals surface area (Å²) >= 11 is 0. The van der Waals surface area contributed by atoms with Crippen molar-refractivity contribution in [2.75, 3.05) is 13.2 Å². The minimum absolute atomic E-state index is 0.00843. The van der Waals surface area contributed by atoms with Gasteiger partial charge in [-0.1, -0.05) is 36.4 Å². The molecule has 1 aliphatic rings. The average Bonchev–Trinajstić information content (AvgIpc) is 2.62. The molecule has 6 heteroatoms. The molecule has 1 aromatic carbocycles. The highest BCUT2D eigenvalue weighted by atomic mass is 16.3. The van der Waals surface area contributed by atoms with Crippen molar-refractivity contribution in [1.82, 2.24) is 15.2 Å². The number of rotatable bonds is 6. The van der Waals surface area contributed by atoms with Gasteiger partial charge in [0.15, 0.2) is 0 Å². The second-order valence-corrected chi connectivity index (χ2v) is 6.53. The summed E-state index contributed by atoms with van der Waals surface area (Å²) in [6.07, 6.45) is 3.56. The lowest BCUT2D eigenvalue weighted by Gasteiger charge is -2.55. The van der Waals surface area contributed by atoms with E-state index in [9.17, 15) is 14.7 Å². The van der Waals surface area contributed by atoms with E-state index >= 15 is 0 Å². The molecular weight excluding hydrogens is 330 g/mol. The van der Waals surface area contributed by atoms with Crippen LogP contribution in [0.15, 0.2) is 54.9 Å². The van der Waals surface area contributed by atoms with Crippen molar-refractivity contribution in [3.05, 3.63) is 66.0 Å². The van der Waals surface area contributed by atoms with Crippen LogP contribution in [-0.4, -0.2) is 52.0 Å². The Hall–Kier alpha value is -2.73. The van der Waals surface area contributed by atoms with Crippen LogP contribution in [0.5, 0.6) is 0 Å². The van der Waals surface area contributed by atoms with Crippen molar-refractivity contribution in [2.24, 2.45) is 0 Å². The third-order valence-electron chi connectivity index (χ3n) is 4.84. The molecule has 1 aromatic heterocycles. The molecule has 2 N–H and O–H groups in total. The number of nitrogens with one attached hydrogen (secondary N) is 1. The lowest BCUT2D eigenvalue weighted by molar-refractivity contribution is -0.150. The van der Waals surface area contributed by atoms with Gasteiger partial charge in [-0.25, -0.2) is 0 Å². The highest BCUT2D eigenvalue weighted by Gasteiger charge is 2.50. The van der Waals surface area contributed by atoms with Gasteiger partial charge in [0.1, 0.15) is 0 Å². The Labute approximate surface area is 152 Å². The number of hydrogen-bond donors (Lipinski definition) is 2. The van der Waals surface area contributed by atoms with Crippen molar-refractivity contribution in [2.45, 2.75) is 31.3 Å². The highest BCUT2D eigenvalue weighted by molar-refractivity contribution is 5.81. The van der Waals surface area contributed by atoms with Crippen LogP contribution in [-0.2, 0) is 16.0 Å². The van der Waals surface area contributed by atoms with Gasteiger partial charge in [-0.3, -0.25) is 14.6 Å². The molecule has 1 aliphatic heterocycles. The predicted octanol–water partition coefficient (Wildman–Crippen LogP) is 1.12. The predicted molar refractivity (Wildman–Crippen MR) is 97.3 cm³/mol. The van der Waals surface area contributed by atoms with E-state index in [1.165, 1.54) is 6.92 Å². The SMILES string of the molecule is CC(=O)NC[C@@H]1[C@H](c2ccccc2)[C@@H](CO)N1C(=O)Cc1cccnc1. The number of amides is 2. The van der Waals surface area contributed by atoms with Gasteiger partial charge in [-0.2, -0.15) is 0 Å². The maximum absolute atomic E-state index is 12.9. The first-order chi connectivity index (χ1) is 12.6. The summed E-state index contributed by atoms with van der Waals surface area (Å²) in [6, 6.07) is 13.0. The van der Waals surface area contributed by atoms with Gasteiger partial charge in [0, 0.05) is 31.8 Å². The van der Waals surface area contributed by atoms with Crippen molar-refractivity contribution in [3.8, 4) is 0 Å². The van der Waals surface area contributed by atoms with Crippen LogP contribution in [0.3, 0.4) is 0 Å². The second-order valence-electron chi connectivity index (χ2n) is 6.53. The average molecular weight is 353 g/mol. The molecule has 6 nitrogen and oxygen atoms in total. The summed E-state index contributed by atoms with van der Waals surface area (Å²) in [5.74, 6) is -0.214. The first-order valence-corrected chi connectivity index (χ1v) is 8.72. The molecule has 0 radical (unpaired) electrons. The van der Waals surface area contributed by atoms with Crippen molar-refractivity contribution in [3.63, 3.8) is 0 Å². The maximum atomic E-state index is 12.9. The third kappa shape index (κ3) is 3.75. The highest BCUT2D eigenvalue weighted by Crippen LogP contribution is 2.40. The Balaban J connectivity index is 1.81. The zero-order valence-corrected chi connectivity index (χ0v) is 14.7. The minimum atomic E-state index is -0.291. The number of hydrogen-bond acceptors (Lipinski definition) is 4. The quantitative estimate of drug-likeness (QED) is 0.815. The van der Waals surface area contributed by atoms with Crippen LogP contribution < -0.4 is 5.32 Å². The topological polar surface area (TPSA) is 82.5 Å². The van der Waals surface area contributed by atoms with Gasteiger partial charge in [-0.15, -0.1) is 0 Å². The molecule has 2 amide bonds. The minimum Gasteiger partial charge on any atom is -0.394 e. The van der Waals surface area contributed by atoms with Crippen LogP contribution in [0.2, 0.25) is 0 Å². The Morgan fingerprint density at radius 2 is 1.92 bits per heavy atom. The van der Waals surface area contributed by atoms with E-state index < -0.39 is 0 Å². The van der Waals surface area contributed by atoms with Crippen molar-refractivity contribution < 1.29 is 14.7 Å². The fourth-order valence-corrected chi connectivity index (χ4v) is 3.68. The summed E-state index contributed by atoms with van der Waals surface area (Å²) in [5.41, 5.74) is 1.89. The largest absolute Gasteiger partial charge is 0.394 e. The number of aliphatic hydroxyl groups is 1. The van der Waals surface area contributed by atoms with E-state index in [0.29, 0.717) is 6.54 Å². The monoisotopic (exact) mass is 353 g/mol. The molecule has 3 rings (SSSR count). The third-order valence-corrected chi connectivity index (χ3v) is 4.84. The van der Waals surface area contributed by atoms with E-state index in [0.717, 1.165) is 11.1 Å². The van der Waals surface area contributed by atoms with E-state index in [1.54, 1.807) is 23.4 Å². The standard InChI is InChI=1S/C20H23N3O3/c1-14(25)22-12-17-20(16-7-3-2-4-8-16)18(13-24)23(17)19(26)10-15-6-5-9-21-11-15/h2-9,11,17-18,20,24H,10,12-13H2,1H3,(H,22,25)/t17-,18-,20+/m1/s1.